The van der Waals surface area contributed by atoms with Gasteiger partial charge in [-0.25, -0.2) is 8.42 Å². The Morgan fingerprint density at radius 3 is 2.00 bits per heavy atom. The SMILES string of the molecule is CC(=O)C[S+](C)C.CC12CCC(C(S(=O)(=O)[O-])C1=O)C2(C)C. The molecule has 0 aliphatic heterocycles. The molecule has 22 heavy (non-hydrogen) atoms. The normalized spacial score (nSPS) is 32.8. The van der Waals surface area contributed by atoms with Crippen LogP contribution >= 0.6 is 0 Å². The minimum absolute atomic E-state index is 0.294. The van der Waals surface area contributed by atoms with Gasteiger partial charge in [-0.15, -0.1) is 0 Å². The van der Waals surface area contributed by atoms with E-state index in [0.29, 0.717) is 29.5 Å². The lowest BCUT2D eigenvalue weighted by Gasteiger charge is -2.32. The molecule has 0 N–H and O–H groups in total. The second-order valence-electron chi connectivity index (χ2n) is 7.31. The lowest BCUT2D eigenvalue weighted by Crippen LogP contribution is -2.38. The number of hydrogen-bond donors (Lipinski definition) is 0. The number of carbonyl (C=O) groups excluding carboxylic acids is 2. The van der Waals surface area contributed by atoms with E-state index in [0.717, 1.165) is 5.75 Å². The molecule has 2 aliphatic carbocycles. The molecule has 0 radical (unpaired) electrons. The van der Waals surface area contributed by atoms with Gasteiger partial charge in [-0.1, -0.05) is 20.8 Å². The maximum Gasteiger partial charge on any atom is 0.178 e. The van der Waals surface area contributed by atoms with Crippen LogP contribution in [0, 0.1) is 16.7 Å². The van der Waals surface area contributed by atoms with Gasteiger partial charge in [0, 0.05) is 5.41 Å². The molecule has 2 saturated carbocycles. The van der Waals surface area contributed by atoms with Gasteiger partial charge in [-0.05, 0) is 42.0 Å². The van der Waals surface area contributed by atoms with Crippen molar-refractivity contribution in [2.45, 2.75) is 45.8 Å². The summed E-state index contributed by atoms with van der Waals surface area (Å²) in [5.41, 5.74) is -0.994. The van der Waals surface area contributed by atoms with Crippen LogP contribution in [0.1, 0.15) is 40.5 Å². The summed E-state index contributed by atoms with van der Waals surface area (Å²) in [5.74, 6) is 0.393. The second kappa shape index (κ2) is 6.24. The van der Waals surface area contributed by atoms with Crippen LogP contribution in [0.5, 0.6) is 0 Å². The van der Waals surface area contributed by atoms with Gasteiger partial charge < -0.3 is 4.55 Å². The van der Waals surface area contributed by atoms with E-state index < -0.39 is 20.8 Å². The van der Waals surface area contributed by atoms with Crippen molar-refractivity contribution in [3.63, 3.8) is 0 Å². The molecule has 2 aliphatic rings. The summed E-state index contributed by atoms with van der Waals surface area (Å²) in [6.07, 6.45) is 5.51. The maximum absolute atomic E-state index is 12.0. The summed E-state index contributed by atoms with van der Waals surface area (Å²) < 4.78 is 33.3. The zero-order valence-electron chi connectivity index (χ0n) is 14.1. The Labute approximate surface area is 136 Å². The van der Waals surface area contributed by atoms with E-state index in [1.807, 2.05) is 13.8 Å². The van der Waals surface area contributed by atoms with Gasteiger partial charge in [0.2, 0.25) is 0 Å². The number of carbonyl (C=O) groups is 2. The summed E-state index contributed by atoms with van der Waals surface area (Å²) in [5, 5.41) is -1.30. The van der Waals surface area contributed by atoms with Crippen LogP contribution in [0.25, 0.3) is 0 Å². The summed E-state index contributed by atoms with van der Waals surface area (Å²) >= 11 is 0. The molecule has 0 aromatic heterocycles. The van der Waals surface area contributed by atoms with Crippen LogP contribution in [0.2, 0.25) is 0 Å². The third kappa shape index (κ3) is 3.41. The lowest BCUT2D eigenvalue weighted by molar-refractivity contribution is -0.128. The average molecular weight is 351 g/mol. The van der Waals surface area contributed by atoms with Gasteiger partial charge in [-0.2, -0.15) is 0 Å². The van der Waals surface area contributed by atoms with Crippen molar-refractivity contribution in [3.8, 4) is 0 Å². The number of fused-ring (bicyclic) bond motifs is 2. The Bertz CT molecular complexity index is 564. The average Bonchev–Trinajstić information content (AvgIpc) is 2.58. The van der Waals surface area contributed by atoms with Crippen LogP contribution in [-0.4, -0.2) is 48.1 Å². The van der Waals surface area contributed by atoms with Gasteiger partial charge in [0.1, 0.15) is 15.4 Å². The fraction of sp³-hybridized carbons (Fsp3) is 0.867. The maximum atomic E-state index is 12.0. The molecular formula is C15H26O5S2. The number of Topliss-reactive ketones (excluding diaryl/α,β-unsaturated/α-hetero) is 2. The third-order valence-corrected chi connectivity index (χ3v) is 7.42. The molecule has 0 saturated heterocycles. The molecule has 3 atom stereocenters. The van der Waals surface area contributed by atoms with E-state index in [-0.39, 0.29) is 17.1 Å². The molecule has 0 aromatic carbocycles. The fourth-order valence-corrected chi connectivity index (χ4v) is 5.96. The first-order chi connectivity index (χ1) is 9.75. The van der Waals surface area contributed by atoms with Crippen molar-refractivity contribution < 1.29 is 22.6 Å². The van der Waals surface area contributed by atoms with Crippen molar-refractivity contribution in [1.82, 2.24) is 0 Å². The highest BCUT2D eigenvalue weighted by Crippen LogP contribution is 2.64. The summed E-state index contributed by atoms with van der Waals surface area (Å²) in [6, 6.07) is 0. The summed E-state index contributed by atoms with van der Waals surface area (Å²) in [7, 11) is -4.19. The van der Waals surface area contributed by atoms with Crippen LogP contribution in [0.4, 0.5) is 0 Å². The zero-order chi connectivity index (χ0) is 17.5. The Morgan fingerprint density at radius 1 is 1.32 bits per heavy atom. The largest absolute Gasteiger partial charge is 0.747 e. The number of rotatable bonds is 3. The van der Waals surface area contributed by atoms with Crippen molar-refractivity contribution >= 4 is 32.6 Å². The molecule has 2 fully saturated rings. The topological polar surface area (TPSA) is 91.3 Å². The van der Waals surface area contributed by atoms with Crippen molar-refractivity contribution in [2.75, 3.05) is 18.3 Å². The van der Waals surface area contributed by atoms with Gasteiger partial charge >= 0.3 is 0 Å². The highest BCUT2D eigenvalue weighted by Gasteiger charge is 2.67. The molecule has 0 amide bonds. The summed E-state index contributed by atoms with van der Waals surface area (Å²) in [6.45, 7) is 7.22. The van der Waals surface area contributed by atoms with E-state index in [9.17, 15) is 22.6 Å². The van der Waals surface area contributed by atoms with Crippen molar-refractivity contribution in [3.05, 3.63) is 0 Å². The van der Waals surface area contributed by atoms with Crippen molar-refractivity contribution in [2.24, 2.45) is 16.7 Å². The predicted molar refractivity (Wildman–Crippen MR) is 87.9 cm³/mol. The Balaban J connectivity index is 0.000000295. The highest BCUT2D eigenvalue weighted by atomic mass is 32.2. The van der Waals surface area contributed by atoms with Crippen LogP contribution in [0.15, 0.2) is 0 Å². The highest BCUT2D eigenvalue weighted by molar-refractivity contribution is 7.96. The number of hydrogen-bond acceptors (Lipinski definition) is 5. The monoisotopic (exact) mass is 350 g/mol. The third-order valence-electron chi connectivity index (χ3n) is 5.28. The smallest absolute Gasteiger partial charge is 0.178 e. The molecule has 3 unspecified atom stereocenters. The van der Waals surface area contributed by atoms with Gasteiger partial charge in [0.05, 0.1) is 12.5 Å². The van der Waals surface area contributed by atoms with Gasteiger partial charge in [-0.3, -0.25) is 9.59 Å². The molecule has 2 bridgehead atoms. The van der Waals surface area contributed by atoms with Crippen LogP contribution < -0.4 is 0 Å². The van der Waals surface area contributed by atoms with Crippen LogP contribution in [-0.2, 0) is 30.6 Å². The molecule has 0 heterocycles. The fourth-order valence-electron chi connectivity index (χ4n) is 3.74. The van der Waals surface area contributed by atoms with E-state index in [1.54, 1.807) is 13.8 Å². The molecular weight excluding hydrogens is 324 g/mol. The zero-order valence-corrected chi connectivity index (χ0v) is 15.8. The molecule has 5 nitrogen and oxygen atoms in total. The molecule has 128 valence electrons. The van der Waals surface area contributed by atoms with Crippen molar-refractivity contribution in [1.29, 1.82) is 0 Å². The standard InChI is InChI=1S/C10H16O4S.C5H11OS/c1-9(2)6-4-5-10(9,3)8(11)7(6)15(12,13)14;1-5(6)4-7(2)3/h6-7H,4-5H2,1-3H3,(H,12,13,14);4H2,1-3H3/q;+1/p-1. The Morgan fingerprint density at radius 2 is 1.82 bits per heavy atom. The van der Waals surface area contributed by atoms with E-state index in [4.69, 9.17) is 0 Å². The first-order valence-corrected chi connectivity index (χ1v) is 11.0. The lowest BCUT2D eigenvalue weighted by atomic mass is 9.70. The predicted octanol–water partition coefficient (Wildman–Crippen LogP) is 1.38. The quantitative estimate of drug-likeness (QED) is 0.566. The van der Waals surface area contributed by atoms with Gasteiger partial charge in [0.25, 0.3) is 0 Å². The second-order valence-corrected chi connectivity index (χ2v) is 11.1. The van der Waals surface area contributed by atoms with E-state index in [2.05, 4.69) is 12.5 Å². The molecule has 0 aromatic rings. The number of ketones is 2. The summed E-state index contributed by atoms with van der Waals surface area (Å²) in [4.78, 5) is 22.2. The Kier molecular flexibility index (Phi) is 5.58. The first-order valence-electron chi connectivity index (χ1n) is 7.28. The molecule has 0 spiro atoms. The minimum Gasteiger partial charge on any atom is -0.747 e. The molecule has 2 rings (SSSR count). The van der Waals surface area contributed by atoms with Gasteiger partial charge in [0.15, 0.2) is 17.3 Å². The van der Waals surface area contributed by atoms with E-state index in [1.165, 1.54) is 0 Å². The first kappa shape index (κ1) is 19.6. The Hall–Kier alpha value is -0.400. The molecule has 7 heteroatoms. The minimum atomic E-state index is -4.49. The van der Waals surface area contributed by atoms with Crippen LogP contribution in [0.3, 0.4) is 0 Å². The van der Waals surface area contributed by atoms with E-state index >= 15 is 0 Å².